The van der Waals surface area contributed by atoms with E-state index >= 15 is 0 Å². The Balaban J connectivity index is 1.70. The highest BCUT2D eigenvalue weighted by atomic mass is 32.2. The molecule has 0 fully saturated rings. The fraction of sp³-hybridized carbons (Fsp3) is 0.263. The Labute approximate surface area is 171 Å². The molecule has 29 heavy (non-hydrogen) atoms. The maximum absolute atomic E-state index is 12.8. The van der Waals surface area contributed by atoms with Crippen LogP contribution >= 0.6 is 11.8 Å². The number of nitrogens with zero attached hydrogens (tertiary/aromatic N) is 1. The van der Waals surface area contributed by atoms with E-state index in [1.165, 1.54) is 31.4 Å². The molecule has 2 aromatic carbocycles. The average Bonchev–Trinajstić information content (AvgIpc) is 2.72. The van der Waals surface area contributed by atoms with E-state index in [1.807, 2.05) is 0 Å². The largest absolute Gasteiger partial charge is 0.490 e. The normalized spacial score (nSPS) is 10.3. The first-order valence-electron chi connectivity index (χ1n) is 8.66. The number of nitrogens with one attached hydrogen (secondary N) is 2. The van der Waals surface area contributed by atoms with Crippen LogP contribution in [-0.4, -0.2) is 42.7 Å². The first kappa shape index (κ1) is 22.2. The summed E-state index contributed by atoms with van der Waals surface area (Å²) in [7, 11) is 1.30. The Kier molecular flexibility index (Phi) is 8.41. The van der Waals surface area contributed by atoms with Crippen LogP contribution in [0.5, 0.6) is 5.75 Å². The minimum atomic E-state index is -0.647. The fourth-order valence-corrected chi connectivity index (χ4v) is 3.17. The average molecular weight is 421 g/mol. The molecule has 8 nitrogen and oxygen atoms in total. The summed E-state index contributed by atoms with van der Waals surface area (Å²) in [6, 6.07) is 9.97. The Bertz CT molecular complexity index is 877. The van der Waals surface area contributed by atoms with Gasteiger partial charge in [0.05, 0.1) is 18.6 Å². The van der Waals surface area contributed by atoms with Crippen LogP contribution in [0.2, 0.25) is 0 Å². The van der Waals surface area contributed by atoms with Crippen molar-refractivity contribution >= 4 is 29.3 Å². The number of carbonyl (C=O) groups excluding carboxylic acids is 2. The third kappa shape index (κ3) is 7.07. The lowest BCUT2D eigenvalue weighted by molar-refractivity contribution is -0.385. The van der Waals surface area contributed by atoms with Crippen molar-refractivity contribution in [1.82, 2.24) is 10.6 Å². The summed E-state index contributed by atoms with van der Waals surface area (Å²) in [5.74, 6) is -0.463. The highest BCUT2D eigenvalue weighted by Crippen LogP contribution is 2.27. The zero-order valence-electron chi connectivity index (χ0n) is 15.6. The lowest BCUT2D eigenvalue weighted by Crippen LogP contribution is -2.37. The molecular formula is C19H20FN3O5S. The number of amides is 2. The van der Waals surface area contributed by atoms with Gasteiger partial charge in [0.15, 0.2) is 5.75 Å². The van der Waals surface area contributed by atoms with Gasteiger partial charge in [0.1, 0.15) is 5.82 Å². The van der Waals surface area contributed by atoms with Gasteiger partial charge in [-0.2, -0.15) is 0 Å². The second kappa shape index (κ2) is 11.0. The van der Waals surface area contributed by atoms with E-state index in [0.717, 1.165) is 16.7 Å². The van der Waals surface area contributed by atoms with Gasteiger partial charge in [-0.3, -0.25) is 19.7 Å². The van der Waals surface area contributed by atoms with Gasteiger partial charge < -0.3 is 15.4 Å². The maximum Gasteiger partial charge on any atom is 0.311 e. The van der Waals surface area contributed by atoms with Crippen LogP contribution in [0.15, 0.2) is 47.4 Å². The topological polar surface area (TPSA) is 111 Å². The van der Waals surface area contributed by atoms with Crippen molar-refractivity contribution in [3.63, 3.8) is 0 Å². The molecule has 2 aromatic rings. The number of nitro groups is 1. The summed E-state index contributed by atoms with van der Waals surface area (Å²) in [5, 5.41) is 16.1. The van der Waals surface area contributed by atoms with Gasteiger partial charge in [-0.25, -0.2) is 4.39 Å². The zero-order chi connectivity index (χ0) is 21.2. The van der Waals surface area contributed by atoms with E-state index in [0.29, 0.717) is 13.0 Å². The van der Waals surface area contributed by atoms with Crippen LogP contribution in [0.25, 0.3) is 0 Å². The second-order valence-corrected chi connectivity index (χ2v) is 7.00. The Hall–Kier alpha value is -3.14. The van der Waals surface area contributed by atoms with Crippen molar-refractivity contribution in [2.45, 2.75) is 11.3 Å². The lowest BCUT2D eigenvalue weighted by Gasteiger charge is -2.08. The number of ether oxygens (including phenoxy) is 1. The van der Waals surface area contributed by atoms with Crippen LogP contribution < -0.4 is 15.4 Å². The number of thioether (sulfide) groups is 1. The molecule has 2 amide bonds. The molecule has 2 rings (SSSR count). The standard InChI is InChI=1S/C19H20FN3O5S/c1-28-17-8-3-13(11-16(17)23(26)27)19(25)22-12-18(24)21-9-2-10-29-15-6-4-14(20)5-7-15/h3-8,11H,2,9-10,12H2,1H3,(H,21,24)(H,22,25). The van der Waals surface area contributed by atoms with Crippen LogP contribution in [0.4, 0.5) is 10.1 Å². The predicted molar refractivity (Wildman–Crippen MR) is 107 cm³/mol. The zero-order valence-corrected chi connectivity index (χ0v) is 16.5. The monoisotopic (exact) mass is 421 g/mol. The maximum atomic E-state index is 12.8. The van der Waals surface area contributed by atoms with Gasteiger partial charge >= 0.3 is 5.69 Å². The van der Waals surface area contributed by atoms with Gasteiger partial charge in [0, 0.05) is 23.1 Å². The third-order valence-corrected chi connectivity index (χ3v) is 4.87. The van der Waals surface area contributed by atoms with E-state index in [-0.39, 0.29) is 35.3 Å². The smallest absolute Gasteiger partial charge is 0.311 e. The molecular weight excluding hydrogens is 401 g/mol. The van der Waals surface area contributed by atoms with E-state index in [2.05, 4.69) is 10.6 Å². The summed E-state index contributed by atoms with van der Waals surface area (Å²) < 4.78 is 17.7. The molecule has 2 N–H and O–H groups in total. The Morgan fingerprint density at radius 3 is 2.55 bits per heavy atom. The predicted octanol–water partition coefficient (Wildman–Crippen LogP) is 2.77. The van der Waals surface area contributed by atoms with E-state index < -0.39 is 10.8 Å². The first-order chi connectivity index (χ1) is 13.9. The number of carbonyl (C=O) groups is 2. The van der Waals surface area contributed by atoms with Gasteiger partial charge in [0.25, 0.3) is 5.91 Å². The second-order valence-electron chi connectivity index (χ2n) is 5.83. The molecule has 0 aliphatic heterocycles. The van der Waals surface area contributed by atoms with Crippen LogP contribution in [0.1, 0.15) is 16.8 Å². The molecule has 0 unspecified atom stereocenters. The summed E-state index contributed by atoms with van der Waals surface area (Å²) in [4.78, 5) is 35.2. The highest BCUT2D eigenvalue weighted by molar-refractivity contribution is 7.99. The Morgan fingerprint density at radius 1 is 1.17 bits per heavy atom. The Morgan fingerprint density at radius 2 is 1.90 bits per heavy atom. The van der Waals surface area contributed by atoms with Crippen molar-refractivity contribution in [3.05, 3.63) is 64.0 Å². The van der Waals surface area contributed by atoms with Crippen LogP contribution in [-0.2, 0) is 4.79 Å². The molecule has 154 valence electrons. The van der Waals surface area contributed by atoms with Gasteiger partial charge in [-0.1, -0.05) is 0 Å². The fourth-order valence-electron chi connectivity index (χ4n) is 2.32. The molecule has 0 heterocycles. The van der Waals surface area contributed by atoms with E-state index in [9.17, 15) is 24.1 Å². The number of rotatable bonds is 10. The molecule has 0 bridgehead atoms. The number of nitro benzene ring substituents is 1. The quantitative estimate of drug-likeness (QED) is 0.264. The minimum Gasteiger partial charge on any atom is -0.490 e. The van der Waals surface area contributed by atoms with Crippen LogP contribution in [0.3, 0.4) is 0 Å². The van der Waals surface area contributed by atoms with Gasteiger partial charge in [-0.15, -0.1) is 11.8 Å². The third-order valence-electron chi connectivity index (χ3n) is 3.77. The molecule has 0 atom stereocenters. The summed E-state index contributed by atoms with van der Waals surface area (Å²) >= 11 is 1.55. The van der Waals surface area contributed by atoms with Gasteiger partial charge in [-0.05, 0) is 48.6 Å². The molecule has 10 heteroatoms. The summed E-state index contributed by atoms with van der Waals surface area (Å²) in [6.45, 7) is 0.181. The molecule has 0 aromatic heterocycles. The minimum absolute atomic E-state index is 0.0443. The number of methoxy groups -OCH3 is 1. The van der Waals surface area contributed by atoms with Crippen molar-refractivity contribution in [2.75, 3.05) is 26.0 Å². The molecule has 0 aliphatic rings. The molecule has 0 radical (unpaired) electrons. The van der Waals surface area contributed by atoms with Crippen LogP contribution in [0, 0.1) is 15.9 Å². The number of halogens is 1. The van der Waals surface area contributed by atoms with Crippen molar-refractivity contribution in [3.8, 4) is 5.75 Å². The highest BCUT2D eigenvalue weighted by Gasteiger charge is 2.18. The first-order valence-corrected chi connectivity index (χ1v) is 9.65. The van der Waals surface area contributed by atoms with Gasteiger partial charge in [0.2, 0.25) is 5.91 Å². The van der Waals surface area contributed by atoms with Crippen molar-refractivity contribution in [1.29, 1.82) is 0 Å². The van der Waals surface area contributed by atoms with Crippen molar-refractivity contribution in [2.24, 2.45) is 0 Å². The van der Waals surface area contributed by atoms with E-state index in [1.54, 1.807) is 23.9 Å². The number of benzene rings is 2. The summed E-state index contributed by atoms with van der Waals surface area (Å²) in [5.41, 5.74) is -0.274. The number of hydrogen-bond acceptors (Lipinski definition) is 6. The van der Waals surface area contributed by atoms with Crippen molar-refractivity contribution < 1.29 is 23.6 Å². The summed E-state index contributed by atoms with van der Waals surface area (Å²) in [6.07, 6.45) is 0.701. The molecule has 0 saturated heterocycles. The SMILES string of the molecule is COc1ccc(C(=O)NCC(=O)NCCCSc2ccc(F)cc2)cc1[N+](=O)[O-]. The molecule has 0 saturated carbocycles. The lowest BCUT2D eigenvalue weighted by atomic mass is 10.1. The number of hydrogen-bond donors (Lipinski definition) is 2. The molecule has 0 spiro atoms. The molecule has 0 aliphatic carbocycles. The van der Waals surface area contributed by atoms with E-state index in [4.69, 9.17) is 4.74 Å².